The topological polar surface area (TPSA) is 104 Å². The van der Waals surface area contributed by atoms with Gasteiger partial charge in [0.05, 0.1) is 11.7 Å². The van der Waals surface area contributed by atoms with Crippen molar-refractivity contribution in [2.45, 2.75) is 24.2 Å². The van der Waals surface area contributed by atoms with E-state index in [4.69, 9.17) is 9.84 Å². The Hall–Kier alpha value is -1.49. The van der Waals surface area contributed by atoms with Gasteiger partial charge in [-0.05, 0) is 19.9 Å². The molecule has 0 aliphatic carbocycles. The van der Waals surface area contributed by atoms with Crippen molar-refractivity contribution in [2.75, 3.05) is 32.8 Å². The van der Waals surface area contributed by atoms with Crippen molar-refractivity contribution in [1.82, 2.24) is 9.21 Å². The largest absolute Gasteiger partial charge is 0.478 e. The summed E-state index contributed by atoms with van der Waals surface area (Å²) in [7, 11) is -3.73. The molecule has 2 heterocycles. The minimum absolute atomic E-state index is 0.00261. The first-order valence-corrected chi connectivity index (χ1v) is 9.75. The maximum Gasteiger partial charge on any atom is 0.336 e. The number of amides is 1. The summed E-state index contributed by atoms with van der Waals surface area (Å²) in [6.07, 6.45) is -0.0436. The molecule has 8 nitrogen and oxygen atoms in total. The molecular weight excluding hydrogens is 356 g/mol. The quantitative estimate of drug-likeness (QED) is 0.784. The number of aromatic carboxylic acids is 1. The summed E-state index contributed by atoms with van der Waals surface area (Å²) in [4.78, 5) is 24.4. The van der Waals surface area contributed by atoms with Crippen LogP contribution in [0.5, 0.6) is 0 Å². The number of hydrogen-bond donors (Lipinski definition) is 1. The average Bonchev–Trinajstić information content (AvgIpc) is 3.03. The SMILES string of the molecule is CC(C)OCC(=O)N1CCN(S(=O)(=O)c2cc(C(=O)O)cs2)CC1. The van der Waals surface area contributed by atoms with Crippen molar-refractivity contribution in [3.63, 3.8) is 0 Å². The van der Waals surface area contributed by atoms with Gasteiger partial charge in [0.1, 0.15) is 10.8 Å². The van der Waals surface area contributed by atoms with Crippen molar-refractivity contribution in [1.29, 1.82) is 0 Å². The molecule has 134 valence electrons. The normalized spacial score (nSPS) is 16.5. The van der Waals surface area contributed by atoms with Crippen LogP contribution in [0.3, 0.4) is 0 Å². The Kier molecular flexibility index (Phi) is 5.97. The van der Waals surface area contributed by atoms with Gasteiger partial charge >= 0.3 is 5.97 Å². The summed E-state index contributed by atoms with van der Waals surface area (Å²) in [6, 6.07) is 1.16. The number of carboxylic acid groups (broad SMARTS) is 1. The molecule has 0 spiro atoms. The number of hydrogen-bond acceptors (Lipinski definition) is 6. The van der Waals surface area contributed by atoms with Crippen molar-refractivity contribution in [3.8, 4) is 0 Å². The zero-order chi connectivity index (χ0) is 17.9. The molecule has 1 N–H and O–H groups in total. The van der Waals surface area contributed by atoms with Crippen LogP contribution < -0.4 is 0 Å². The van der Waals surface area contributed by atoms with Crippen LogP contribution in [0.15, 0.2) is 15.7 Å². The fourth-order valence-corrected chi connectivity index (χ4v) is 4.93. The van der Waals surface area contributed by atoms with Crippen molar-refractivity contribution < 1.29 is 27.9 Å². The molecular formula is C14H20N2O6S2. The van der Waals surface area contributed by atoms with Crippen LogP contribution in [0.2, 0.25) is 0 Å². The number of sulfonamides is 1. The summed E-state index contributed by atoms with van der Waals surface area (Å²) < 4.78 is 31.6. The van der Waals surface area contributed by atoms with Crippen molar-refractivity contribution in [2.24, 2.45) is 0 Å². The molecule has 0 saturated carbocycles. The van der Waals surface area contributed by atoms with Gasteiger partial charge in [-0.3, -0.25) is 4.79 Å². The van der Waals surface area contributed by atoms with E-state index in [9.17, 15) is 18.0 Å². The molecule has 1 aromatic rings. The van der Waals surface area contributed by atoms with Crippen molar-refractivity contribution in [3.05, 3.63) is 17.0 Å². The van der Waals surface area contributed by atoms with E-state index in [1.807, 2.05) is 13.8 Å². The second-order valence-corrected chi connectivity index (χ2v) is 8.68. The highest BCUT2D eigenvalue weighted by Crippen LogP contribution is 2.25. The predicted octanol–water partition coefficient (Wildman–Crippen LogP) is 0.704. The van der Waals surface area contributed by atoms with Gasteiger partial charge in [-0.15, -0.1) is 11.3 Å². The molecule has 1 aromatic heterocycles. The highest BCUT2D eigenvalue weighted by atomic mass is 32.2. The van der Waals surface area contributed by atoms with Crippen LogP contribution in [0, 0.1) is 0 Å². The Morgan fingerprint density at radius 1 is 1.29 bits per heavy atom. The highest BCUT2D eigenvalue weighted by molar-refractivity contribution is 7.91. The van der Waals surface area contributed by atoms with Gasteiger partial charge in [0.25, 0.3) is 10.0 Å². The van der Waals surface area contributed by atoms with E-state index >= 15 is 0 Å². The van der Waals surface area contributed by atoms with E-state index in [1.54, 1.807) is 4.90 Å². The number of carbonyl (C=O) groups is 2. The maximum atomic E-state index is 12.5. The van der Waals surface area contributed by atoms with Gasteiger partial charge in [-0.1, -0.05) is 0 Å². The summed E-state index contributed by atoms with van der Waals surface area (Å²) in [5.41, 5.74) is -0.0433. The zero-order valence-electron chi connectivity index (χ0n) is 13.5. The minimum Gasteiger partial charge on any atom is -0.478 e. The Bertz CT molecular complexity index is 705. The molecule has 0 bridgehead atoms. The van der Waals surface area contributed by atoms with E-state index in [0.29, 0.717) is 0 Å². The third-order valence-electron chi connectivity index (χ3n) is 3.55. The van der Waals surface area contributed by atoms with Gasteiger partial charge in [0.2, 0.25) is 5.91 Å². The summed E-state index contributed by atoms with van der Waals surface area (Å²) in [6.45, 7) is 4.59. The first-order valence-electron chi connectivity index (χ1n) is 7.43. The molecule has 0 unspecified atom stereocenters. The first kappa shape index (κ1) is 18.8. The van der Waals surface area contributed by atoms with Crippen LogP contribution in [-0.4, -0.2) is 73.5 Å². The van der Waals surface area contributed by atoms with Crippen LogP contribution >= 0.6 is 11.3 Å². The number of carbonyl (C=O) groups excluding carboxylic acids is 1. The molecule has 10 heteroatoms. The third-order valence-corrected chi connectivity index (χ3v) is 6.86. The highest BCUT2D eigenvalue weighted by Gasteiger charge is 2.31. The number of thiophene rings is 1. The van der Waals surface area contributed by atoms with E-state index in [1.165, 1.54) is 9.69 Å². The molecule has 1 saturated heterocycles. The number of piperazine rings is 1. The second-order valence-electron chi connectivity index (χ2n) is 5.60. The van der Waals surface area contributed by atoms with E-state index < -0.39 is 16.0 Å². The average molecular weight is 376 g/mol. The van der Waals surface area contributed by atoms with Gasteiger partial charge in [0, 0.05) is 31.6 Å². The molecule has 1 aliphatic heterocycles. The molecule has 0 radical (unpaired) electrons. The predicted molar refractivity (Wildman–Crippen MR) is 87.7 cm³/mol. The van der Waals surface area contributed by atoms with Gasteiger partial charge < -0.3 is 14.7 Å². The Labute approximate surface area is 144 Å². The van der Waals surface area contributed by atoms with Crippen LogP contribution in [-0.2, 0) is 19.6 Å². The van der Waals surface area contributed by atoms with Gasteiger partial charge in [0.15, 0.2) is 0 Å². The molecule has 1 aliphatic rings. The second kappa shape index (κ2) is 7.60. The monoisotopic (exact) mass is 376 g/mol. The molecule has 0 aromatic carbocycles. The summed E-state index contributed by atoms with van der Waals surface area (Å²) >= 11 is 0.886. The van der Waals surface area contributed by atoms with E-state index in [2.05, 4.69) is 0 Å². The Morgan fingerprint density at radius 3 is 2.42 bits per heavy atom. The Morgan fingerprint density at radius 2 is 1.92 bits per heavy atom. The lowest BCUT2D eigenvalue weighted by atomic mass is 10.3. The number of carboxylic acids is 1. The lowest BCUT2D eigenvalue weighted by Crippen LogP contribution is -2.51. The molecule has 0 atom stereocenters. The Balaban J connectivity index is 1.97. The maximum absolute atomic E-state index is 12.5. The summed E-state index contributed by atoms with van der Waals surface area (Å²) in [5, 5.41) is 10.2. The molecule has 24 heavy (non-hydrogen) atoms. The van der Waals surface area contributed by atoms with Gasteiger partial charge in [-0.2, -0.15) is 4.31 Å². The zero-order valence-corrected chi connectivity index (χ0v) is 15.1. The van der Waals surface area contributed by atoms with E-state index in [-0.39, 0.29) is 54.6 Å². The molecule has 1 amide bonds. The van der Waals surface area contributed by atoms with Gasteiger partial charge in [-0.25, -0.2) is 13.2 Å². The van der Waals surface area contributed by atoms with E-state index in [0.717, 1.165) is 17.4 Å². The molecule has 1 fully saturated rings. The standard InChI is InChI=1S/C14H20N2O6S2/c1-10(2)22-8-12(17)15-3-5-16(6-4-15)24(20,21)13-7-11(9-23-13)14(18)19/h7,9-10H,3-6,8H2,1-2H3,(H,18,19). The first-order chi connectivity index (χ1) is 11.2. The lowest BCUT2D eigenvalue weighted by molar-refractivity contribution is -0.138. The van der Waals surface area contributed by atoms with Crippen LogP contribution in [0.1, 0.15) is 24.2 Å². The molecule has 2 rings (SSSR count). The smallest absolute Gasteiger partial charge is 0.336 e. The fourth-order valence-electron chi connectivity index (χ4n) is 2.20. The number of nitrogens with zero attached hydrogens (tertiary/aromatic N) is 2. The van der Waals surface area contributed by atoms with Crippen molar-refractivity contribution >= 4 is 33.2 Å². The number of ether oxygens (including phenoxy) is 1. The third kappa shape index (κ3) is 4.32. The fraction of sp³-hybridized carbons (Fsp3) is 0.571. The summed E-state index contributed by atoms with van der Waals surface area (Å²) in [5.74, 6) is -1.32. The van der Waals surface area contributed by atoms with Crippen LogP contribution in [0.25, 0.3) is 0 Å². The minimum atomic E-state index is -3.73. The van der Waals surface area contributed by atoms with Crippen LogP contribution in [0.4, 0.5) is 0 Å². The lowest BCUT2D eigenvalue weighted by Gasteiger charge is -2.33. The number of rotatable bonds is 6.